The fraction of sp³-hybridized carbons (Fsp3) is 0.286. The Hall–Kier alpha value is -1.30. The summed E-state index contributed by atoms with van der Waals surface area (Å²) in [4.78, 5) is 23.7. The Kier molecular flexibility index (Phi) is 4.76. The van der Waals surface area contributed by atoms with Gasteiger partial charge in [-0.3, -0.25) is 4.79 Å². The SMILES string of the molecule is CC(C)[C@@H](NC(=O)c1sc2cc(Cl)ccc2c1Cl)C(=O)O. The van der Waals surface area contributed by atoms with Crippen molar-refractivity contribution >= 4 is 56.5 Å². The van der Waals surface area contributed by atoms with Crippen LogP contribution in [-0.4, -0.2) is 23.0 Å². The van der Waals surface area contributed by atoms with E-state index in [0.717, 1.165) is 10.1 Å². The molecule has 2 rings (SSSR count). The molecule has 0 saturated heterocycles. The summed E-state index contributed by atoms with van der Waals surface area (Å²) in [5, 5.41) is 13.2. The third kappa shape index (κ3) is 3.31. The van der Waals surface area contributed by atoms with Gasteiger partial charge in [0.25, 0.3) is 5.91 Å². The Bertz CT molecular complexity index is 712. The number of amides is 1. The molecule has 0 saturated carbocycles. The third-order valence-electron chi connectivity index (χ3n) is 3.02. The zero-order valence-electron chi connectivity index (χ0n) is 11.3. The minimum atomic E-state index is -1.07. The van der Waals surface area contributed by atoms with E-state index in [0.29, 0.717) is 14.9 Å². The van der Waals surface area contributed by atoms with E-state index in [1.54, 1.807) is 32.0 Å². The van der Waals surface area contributed by atoms with E-state index in [4.69, 9.17) is 28.3 Å². The molecule has 4 nitrogen and oxygen atoms in total. The maximum absolute atomic E-state index is 12.3. The molecule has 112 valence electrons. The molecule has 0 unspecified atom stereocenters. The molecule has 0 aliphatic heterocycles. The van der Waals surface area contributed by atoms with Crippen LogP contribution in [0.3, 0.4) is 0 Å². The first kappa shape index (κ1) is 16.1. The van der Waals surface area contributed by atoms with Gasteiger partial charge in [0.1, 0.15) is 10.9 Å². The molecule has 2 N–H and O–H groups in total. The number of hydrogen-bond acceptors (Lipinski definition) is 3. The molecular formula is C14H13Cl2NO3S. The quantitative estimate of drug-likeness (QED) is 0.878. The summed E-state index contributed by atoms with van der Waals surface area (Å²) in [5.74, 6) is -1.79. The number of rotatable bonds is 4. The number of benzene rings is 1. The second-order valence-electron chi connectivity index (χ2n) is 4.92. The number of carboxylic acids is 1. The summed E-state index contributed by atoms with van der Waals surface area (Å²) in [7, 11) is 0. The van der Waals surface area contributed by atoms with Crippen molar-refractivity contribution in [2.45, 2.75) is 19.9 Å². The Balaban J connectivity index is 2.35. The molecule has 1 heterocycles. The summed E-state index contributed by atoms with van der Waals surface area (Å²) in [6, 6.07) is 4.20. The number of hydrogen-bond donors (Lipinski definition) is 2. The van der Waals surface area contributed by atoms with Crippen LogP contribution >= 0.6 is 34.5 Å². The van der Waals surface area contributed by atoms with Gasteiger partial charge in [-0.1, -0.05) is 43.1 Å². The Labute approximate surface area is 135 Å². The van der Waals surface area contributed by atoms with Crippen molar-refractivity contribution in [1.29, 1.82) is 0 Å². The van der Waals surface area contributed by atoms with Crippen molar-refractivity contribution in [2.24, 2.45) is 5.92 Å². The van der Waals surface area contributed by atoms with Gasteiger partial charge >= 0.3 is 5.97 Å². The smallest absolute Gasteiger partial charge is 0.326 e. The van der Waals surface area contributed by atoms with Crippen LogP contribution in [0.4, 0.5) is 0 Å². The fourth-order valence-electron chi connectivity index (χ4n) is 1.91. The van der Waals surface area contributed by atoms with Gasteiger partial charge in [0, 0.05) is 15.1 Å². The first-order valence-electron chi connectivity index (χ1n) is 6.22. The van der Waals surface area contributed by atoms with Crippen molar-refractivity contribution in [2.75, 3.05) is 0 Å². The number of thiophene rings is 1. The largest absolute Gasteiger partial charge is 0.480 e. The summed E-state index contributed by atoms with van der Waals surface area (Å²) in [5.41, 5.74) is 0. The van der Waals surface area contributed by atoms with Gasteiger partial charge < -0.3 is 10.4 Å². The lowest BCUT2D eigenvalue weighted by Gasteiger charge is -2.17. The highest BCUT2D eigenvalue weighted by Gasteiger charge is 2.26. The zero-order valence-corrected chi connectivity index (χ0v) is 13.6. The second kappa shape index (κ2) is 6.22. The predicted octanol–water partition coefficient (Wildman–Crippen LogP) is 4.05. The highest BCUT2D eigenvalue weighted by atomic mass is 35.5. The maximum Gasteiger partial charge on any atom is 0.326 e. The Morgan fingerprint density at radius 2 is 1.95 bits per heavy atom. The second-order valence-corrected chi connectivity index (χ2v) is 6.79. The summed E-state index contributed by atoms with van der Waals surface area (Å²) in [6.07, 6.45) is 0. The lowest BCUT2D eigenvalue weighted by Crippen LogP contribution is -2.44. The number of carbonyl (C=O) groups is 2. The topological polar surface area (TPSA) is 66.4 Å². The minimum absolute atomic E-state index is 0.228. The summed E-state index contributed by atoms with van der Waals surface area (Å²) >= 11 is 13.3. The van der Waals surface area contributed by atoms with Crippen molar-refractivity contribution in [3.05, 3.63) is 33.1 Å². The normalized spacial score (nSPS) is 12.6. The number of nitrogens with one attached hydrogen (secondary N) is 1. The van der Waals surface area contributed by atoms with Crippen molar-refractivity contribution in [1.82, 2.24) is 5.32 Å². The van der Waals surface area contributed by atoms with Crippen LogP contribution in [0, 0.1) is 5.92 Å². The monoisotopic (exact) mass is 345 g/mol. The third-order valence-corrected chi connectivity index (χ3v) is 4.91. The summed E-state index contributed by atoms with van der Waals surface area (Å²) < 4.78 is 0.786. The average Bonchev–Trinajstić information content (AvgIpc) is 2.71. The van der Waals surface area contributed by atoms with Crippen LogP contribution in [0.2, 0.25) is 10.0 Å². The first-order valence-corrected chi connectivity index (χ1v) is 7.79. The van der Waals surface area contributed by atoms with E-state index < -0.39 is 17.9 Å². The number of halogens is 2. The number of fused-ring (bicyclic) bond motifs is 1. The molecule has 1 atom stereocenters. The van der Waals surface area contributed by atoms with E-state index in [2.05, 4.69) is 5.32 Å². The lowest BCUT2D eigenvalue weighted by atomic mass is 10.0. The molecule has 0 fully saturated rings. The highest BCUT2D eigenvalue weighted by Crippen LogP contribution is 2.36. The van der Waals surface area contributed by atoms with Gasteiger partial charge in [-0.25, -0.2) is 4.79 Å². The first-order chi connectivity index (χ1) is 9.81. The van der Waals surface area contributed by atoms with E-state index >= 15 is 0 Å². The molecule has 0 bridgehead atoms. The van der Waals surface area contributed by atoms with Crippen molar-refractivity contribution < 1.29 is 14.7 Å². The maximum atomic E-state index is 12.3. The van der Waals surface area contributed by atoms with E-state index in [1.807, 2.05) is 0 Å². The standard InChI is InChI=1S/C14H13Cl2NO3S/c1-6(2)11(14(19)20)17-13(18)12-10(16)8-4-3-7(15)5-9(8)21-12/h3-6,11H,1-2H3,(H,17,18)(H,19,20)/t11-/m1/s1. The van der Waals surface area contributed by atoms with Crippen LogP contribution in [0.5, 0.6) is 0 Å². The molecular weight excluding hydrogens is 333 g/mol. The molecule has 1 aromatic heterocycles. The molecule has 1 amide bonds. The van der Waals surface area contributed by atoms with Crippen molar-refractivity contribution in [3.8, 4) is 0 Å². The molecule has 0 radical (unpaired) electrons. The molecule has 1 aromatic carbocycles. The average molecular weight is 346 g/mol. The van der Waals surface area contributed by atoms with Gasteiger partial charge in [0.15, 0.2) is 0 Å². The predicted molar refractivity (Wildman–Crippen MR) is 85.6 cm³/mol. The van der Waals surface area contributed by atoms with Crippen LogP contribution in [0.15, 0.2) is 18.2 Å². The number of aliphatic carboxylic acids is 1. The molecule has 2 aromatic rings. The van der Waals surface area contributed by atoms with Crippen LogP contribution in [-0.2, 0) is 4.79 Å². The van der Waals surface area contributed by atoms with Crippen molar-refractivity contribution in [3.63, 3.8) is 0 Å². The molecule has 21 heavy (non-hydrogen) atoms. The van der Waals surface area contributed by atoms with E-state index in [-0.39, 0.29) is 5.92 Å². The van der Waals surface area contributed by atoms with Gasteiger partial charge in [-0.2, -0.15) is 0 Å². The number of carboxylic acid groups (broad SMARTS) is 1. The Morgan fingerprint density at radius 3 is 2.52 bits per heavy atom. The van der Waals surface area contributed by atoms with E-state index in [9.17, 15) is 9.59 Å². The zero-order chi connectivity index (χ0) is 15.7. The summed E-state index contributed by atoms with van der Waals surface area (Å²) in [6.45, 7) is 3.46. The lowest BCUT2D eigenvalue weighted by molar-refractivity contribution is -0.140. The van der Waals surface area contributed by atoms with Crippen LogP contribution < -0.4 is 5.32 Å². The highest BCUT2D eigenvalue weighted by molar-refractivity contribution is 7.21. The Morgan fingerprint density at radius 1 is 1.29 bits per heavy atom. The van der Waals surface area contributed by atoms with Crippen LogP contribution in [0.25, 0.3) is 10.1 Å². The minimum Gasteiger partial charge on any atom is -0.480 e. The van der Waals surface area contributed by atoms with Gasteiger partial charge in [-0.15, -0.1) is 11.3 Å². The molecule has 0 spiro atoms. The number of carbonyl (C=O) groups excluding carboxylic acids is 1. The van der Waals surface area contributed by atoms with E-state index in [1.165, 1.54) is 11.3 Å². The fourth-order valence-corrected chi connectivity index (χ4v) is 3.60. The molecule has 7 heteroatoms. The van der Waals surface area contributed by atoms with Gasteiger partial charge in [-0.05, 0) is 18.1 Å². The molecule has 0 aliphatic rings. The van der Waals surface area contributed by atoms with Gasteiger partial charge in [0.2, 0.25) is 0 Å². The van der Waals surface area contributed by atoms with Gasteiger partial charge in [0.05, 0.1) is 5.02 Å². The van der Waals surface area contributed by atoms with Crippen LogP contribution in [0.1, 0.15) is 23.5 Å². The molecule has 0 aliphatic carbocycles.